The molecule has 0 radical (unpaired) electrons. The monoisotopic (exact) mass is 247 g/mol. The summed E-state index contributed by atoms with van der Waals surface area (Å²) in [5, 5.41) is 3.95. The molecule has 0 saturated carbocycles. The maximum absolute atomic E-state index is 6.21. The molecule has 0 saturated heterocycles. The molecule has 0 fully saturated rings. The van der Waals surface area contributed by atoms with Crippen molar-refractivity contribution in [1.82, 2.24) is 4.98 Å². The van der Waals surface area contributed by atoms with Crippen LogP contribution in [0.2, 0.25) is 5.02 Å². The maximum Gasteiger partial charge on any atom is 0.123 e. The van der Waals surface area contributed by atoms with Crippen molar-refractivity contribution in [3.05, 3.63) is 46.6 Å². The van der Waals surface area contributed by atoms with E-state index in [9.17, 15) is 0 Å². The van der Waals surface area contributed by atoms with Crippen LogP contribution in [-0.2, 0) is 0 Å². The molecule has 2 aromatic rings. The van der Waals surface area contributed by atoms with Gasteiger partial charge in [0.1, 0.15) is 5.82 Å². The lowest BCUT2D eigenvalue weighted by molar-refractivity contribution is 1.31. The number of hydrogen-bond acceptors (Lipinski definition) is 3. The third-order valence-electron chi connectivity index (χ3n) is 2.49. The summed E-state index contributed by atoms with van der Waals surface area (Å²) in [5.41, 5.74) is 9.56. The number of nitrogen functional groups attached to an aromatic ring is 1. The van der Waals surface area contributed by atoms with Crippen molar-refractivity contribution >= 4 is 28.8 Å². The molecule has 0 aliphatic heterocycles. The van der Waals surface area contributed by atoms with Crippen LogP contribution in [0.3, 0.4) is 0 Å². The van der Waals surface area contributed by atoms with Crippen LogP contribution in [0.4, 0.5) is 17.2 Å². The number of nitrogens with one attached hydrogen (secondary N) is 1. The van der Waals surface area contributed by atoms with Crippen molar-refractivity contribution in [2.75, 3.05) is 11.1 Å². The van der Waals surface area contributed by atoms with Gasteiger partial charge in [-0.25, -0.2) is 4.98 Å². The Morgan fingerprint density at radius 3 is 2.59 bits per heavy atom. The Morgan fingerprint density at radius 2 is 2.00 bits per heavy atom. The van der Waals surface area contributed by atoms with Crippen molar-refractivity contribution in [2.45, 2.75) is 13.8 Å². The molecule has 1 aromatic carbocycles. The lowest BCUT2D eigenvalue weighted by Gasteiger charge is -2.12. The van der Waals surface area contributed by atoms with Crippen LogP contribution >= 0.6 is 11.6 Å². The highest BCUT2D eigenvalue weighted by atomic mass is 35.5. The van der Waals surface area contributed by atoms with Gasteiger partial charge in [0.15, 0.2) is 0 Å². The Balaban J connectivity index is 2.33. The van der Waals surface area contributed by atoms with E-state index in [1.54, 1.807) is 12.3 Å². The van der Waals surface area contributed by atoms with Crippen LogP contribution in [0, 0.1) is 13.8 Å². The molecule has 0 atom stereocenters. The van der Waals surface area contributed by atoms with E-state index in [0.717, 1.165) is 22.5 Å². The lowest BCUT2D eigenvalue weighted by atomic mass is 10.1. The van der Waals surface area contributed by atoms with Gasteiger partial charge in [-0.2, -0.15) is 0 Å². The van der Waals surface area contributed by atoms with Crippen molar-refractivity contribution in [2.24, 2.45) is 0 Å². The molecule has 1 aromatic heterocycles. The molecule has 0 bridgehead atoms. The fourth-order valence-electron chi connectivity index (χ4n) is 1.70. The van der Waals surface area contributed by atoms with E-state index in [0.29, 0.717) is 10.8 Å². The molecule has 1 heterocycles. The van der Waals surface area contributed by atoms with Crippen LogP contribution in [0.1, 0.15) is 11.1 Å². The molecule has 3 N–H and O–H groups in total. The predicted molar refractivity (Wildman–Crippen MR) is 72.9 cm³/mol. The average Bonchev–Trinajstić information content (AvgIpc) is 2.26. The first-order valence-electron chi connectivity index (χ1n) is 5.31. The Bertz CT molecular complexity index is 512. The highest BCUT2D eigenvalue weighted by Crippen LogP contribution is 2.30. The van der Waals surface area contributed by atoms with Crippen molar-refractivity contribution in [3.63, 3.8) is 0 Å². The molecule has 0 amide bonds. The molecular weight excluding hydrogens is 234 g/mol. The number of rotatable bonds is 2. The Labute approximate surface area is 106 Å². The summed E-state index contributed by atoms with van der Waals surface area (Å²) in [6, 6.07) is 7.64. The summed E-state index contributed by atoms with van der Waals surface area (Å²) in [6.45, 7) is 4.04. The SMILES string of the molecule is Cc1cc(C)c(Nc2ccc(N)nc2)c(Cl)c1. The smallest absolute Gasteiger partial charge is 0.123 e. The Morgan fingerprint density at radius 1 is 1.24 bits per heavy atom. The van der Waals surface area contributed by atoms with E-state index in [2.05, 4.69) is 16.4 Å². The summed E-state index contributed by atoms with van der Waals surface area (Å²) in [4.78, 5) is 4.02. The molecule has 4 heteroatoms. The molecule has 0 unspecified atom stereocenters. The number of benzene rings is 1. The van der Waals surface area contributed by atoms with Crippen LogP contribution in [0.15, 0.2) is 30.5 Å². The zero-order chi connectivity index (χ0) is 12.4. The standard InChI is InChI=1S/C13H14ClN3/c1-8-5-9(2)13(11(14)6-8)17-10-3-4-12(15)16-7-10/h3-7,17H,1-2H3,(H2,15,16). The van der Waals surface area contributed by atoms with Gasteiger partial charge in [0.05, 0.1) is 22.6 Å². The first kappa shape index (κ1) is 11.7. The zero-order valence-corrected chi connectivity index (χ0v) is 10.5. The number of aryl methyl sites for hydroxylation is 2. The molecule has 2 rings (SSSR count). The van der Waals surface area contributed by atoms with E-state index >= 15 is 0 Å². The first-order valence-corrected chi connectivity index (χ1v) is 5.69. The Hall–Kier alpha value is -1.74. The second-order valence-electron chi connectivity index (χ2n) is 4.04. The highest BCUT2D eigenvalue weighted by molar-refractivity contribution is 6.33. The fraction of sp³-hybridized carbons (Fsp3) is 0.154. The maximum atomic E-state index is 6.21. The number of halogens is 1. The van der Waals surface area contributed by atoms with Gasteiger partial charge in [0.2, 0.25) is 0 Å². The molecule has 88 valence electrons. The van der Waals surface area contributed by atoms with E-state index in [1.165, 1.54) is 0 Å². The first-order chi connectivity index (χ1) is 8.06. The van der Waals surface area contributed by atoms with E-state index in [-0.39, 0.29) is 0 Å². The topological polar surface area (TPSA) is 50.9 Å². The van der Waals surface area contributed by atoms with Gasteiger partial charge in [-0.1, -0.05) is 17.7 Å². The third-order valence-corrected chi connectivity index (χ3v) is 2.79. The van der Waals surface area contributed by atoms with E-state index in [1.807, 2.05) is 26.0 Å². The summed E-state index contributed by atoms with van der Waals surface area (Å²) < 4.78 is 0. The van der Waals surface area contributed by atoms with Crippen molar-refractivity contribution < 1.29 is 0 Å². The molecular formula is C13H14ClN3. The van der Waals surface area contributed by atoms with Crippen LogP contribution in [-0.4, -0.2) is 4.98 Å². The van der Waals surface area contributed by atoms with Crippen molar-refractivity contribution in [3.8, 4) is 0 Å². The summed E-state index contributed by atoms with van der Waals surface area (Å²) in [5.74, 6) is 0.502. The second kappa shape index (κ2) is 4.63. The van der Waals surface area contributed by atoms with Gasteiger partial charge in [-0.15, -0.1) is 0 Å². The quantitative estimate of drug-likeness (QED) is 0.851. The number of pyridine rings is 1. The minimum atomic E-state index is 0.502. The number of nitrogens with zero attached hydrogens (tertiary/aromatic N) is 1. The number of nitrogens with two attached hydrogens (primary N) is 1. The summed E-state index contributed by atoms with van der Waals surface area (Å²) in [7, 11) is 0. The van der Waals surface area contributed by atoms with Gasteiger partial charge in [-0.05, 0) is 43.2 Å². The van der Waals surface area contributed by atoms with Gasteiger partial charge in [-0.3, -0.25) is 0 Å². The van der Waals surface area contributed by atoms with Crippen LogP contribution < -0.4 is 11.1 Å². The van der Waals surface area contributed by atoms with E-state index in [4.69, 9.17) is 17.3 Å². The lowest BCUT2D eigenvalue weighted by Crippen LogP contribution is -1.97. The predicted octanol–water partition coefficient (Wildman–Crippen LogP) is 3.68. The van der Waals surface area contributed by atoms with Crippen LogP contribution in [0.5, 0.6) is 0 Å². The average molecular weight is 248 g/mol. The van der Waals surface area contributed by atoms with Crippen molar-refractivity contribution in [1.29, 1.82) is 0 Å². The molecule has 0 aliphatic carbocycles. The molecule has 0 spiro atoms. The fourth-order valence-corrected chi connectivity index (χ4v) is 2.07. The Kier molecular flexibility index (Phi) is 3.20. The number of aromatic nitrogens is 1. The number of hydrogen-bond donors (Lipinski definition) is 2. The molecule has 3 nitrogen and oxygen atoms in total. The minimum absolute atomic E-state index is 0.502. The third kappa shape index (κ3) is 2.68. The molecule has 17 heavy (non-hydrogen) atoms. The van der Waals surface area contributed by atoms with E-state index < -0.39 is 0 Å². The largest absolute Gasteiger partial charge is 0.384 e. The second-order valence-corrected chi connectivity index (χ2v) is 4.44. The normalized spacial score (nSPS) is 10.3. The van der Waals surface area contributed by atoms with Gasteiger partial charge in [0.25, 0.3) is 0 Å². The minimum Gasteiger partial charge on any atom is -0.384 e. The molecule has 0 aliphatic rings. The van der Waals surface area contributed by atoms with Gasteiger partial charge < -0.3 is 11.1 Å². The number of anilines is 3. The summed E-state index contributed by atoms with van der Waals surface area (Å²) in [6.07, 6.45) is 1.69. The van der Waals surface area contributed by atoms with Crippen LogP contribution in [0.25, 0.3) is 0 Å². The summed E-state index contributed by atoms with van der Waals surface area (Å²) >= 11 is 6.21. The van der Waals surface area contributed by atoms with Gasteiger partial charge in [0, 0.05) is 0 Å². The van der Waals surface area contributed by atoms with Gasteiger partial charge >= 0.3 is 0 Å². The zero-order valence-electron chi connectivity index (χ0n) is 9.79. The highest BCUT2D eigenvalue weighted by Gasteiger charge is 2.05.